The van der Waals surface area contributed by atoms with Gasteiger partial charge >= 0.3 is 6.03 Å². The minimum atomic E-state index is -0.612. The maximum atomic E-state index is 10.9. The Labute approximate surface area is 226 Å². The van der Waals surface area contributed by atoms with Gasteiger partial charge in [0.15, 0.2) is 0 Å². The first-order chi connectivity index (χ1) is 18.3. The summed E-state index contributed by atoms with van der Waals surface area (Å²) < 4.78 is 17.2. The number of benzene rings is 2. The van der Waals surface area contributed by atoms with Crippen molar-refractivity contribution in [1.29, 1.82) is 0 Å². The molecule has 206 valence electrons. The number of nitrogens with two attached hydrogens (primary N) is 1. The summed E-state index contributed by atoms with van der Waals surface area (Å²) >= 11 is 0. The second-order valence-electron chi connectivity index (χ2n) is 9.88. The molecule has 0 radical (unpaired) electrons. The number of primary amides is 1. The molecule has 0 unspecified atom stereocenters. The van der Waals surface area contributed by atoms with Crippen molar-refractivity contribution in [2.75, 3.05) is 31.6 Å². The van der Waals surface area contributed by atoms with Crippen LogP contribution >= 0.6 is 0 Å². The lowest BCUT2D eigenvalue weighted by Crippen LogP contribution is -2.35. The molecule has 2 aromatic rings. The average Bonchev–Trinajstić information content (AvgIpc) is 2.87. The second kappa shape index (κ2) is 15.4. The number of aliphatic hydroxyl groups excluding tert-OH is 1. The first-order valence-corrected chi connectivity index (χ1v) is 13.4. The Morgan fingerprint density at radius 2 is 1.95 bits per heavy atom. The molecule has 0 aromatic heterocycles. The molecule has 1 atom stereocenters. The minimum Gasteiger partial charge on any atom is -0.463 e. The van der Waals surface area contributed by atoms with Gasteiger partial charge < -0.3 is 35.7 Å². The van der Waals surface area contributed by atoms with Crippen LogP contribution in [0, 0.1) is 11.8 Å². The number of ether oxygens (including phenoxy) is 3. The van der Waals surface area contributed by atoms with Crippen molar-refractivity contribution in [2.24, 2.45) is 5.73 Å². The van der Waals surface area contributed by atoms with E-state index in [1.54, 1.807) is 12.1 Å². The maximum absolute atomic E-state index is 10.9. The van der Waals surface area contributed by atoms with Crippen LogP contribution < -0.4 is 21.1 Å². The third-order valence-corrected chi connectivity index (χ3v) is 6.08. The SMILES string of the molecule is CC1(C)OCc2cc([C@@H](O)CNCCCCCCOCCCC#Cc3cccc(NC(N)=O)c3)ccc2O1. The van der Waals surface area contributed by atoms with E-state index in [9.17, 15) is 9.90 Å². The van der Waals surface area contributed by atoms with Crippen molar-refractivity contribution in [1.82, 2.24) is 5.32 Å². The number of carbonyl (C=O) groups excluding carboxylic acids is 1. The number of anilines is 1. The smallest absolute Gasteiger partial charge is 0.316 e. The van der Waals surface area contributed by atoms with Crippen LogP contribution in [0.4, 0.5) is 10.5 Å². The largest absolute Gasteiger partial charge is 0.463 e. The molecule has 0 aliphatic carbocycles. The Morgan fingerprint density at radius 3 is 2.79 bits per heavy atom. The molecular weight excluding hydrogens is 482 g/mol. The summed E-state index contributed by atoms with van der Waals surface area (Å²) in [6, 6.07) is 12.5. The quantitative estimate of drug-likeness (QED) is 0.208. The van der Waals surface area contributed by atoms with Gasteiger partial charge in [-0.3, -0.25) is 0 Å². The highest BCUT2D eigenvalue weighted by Gasteiger charge is 2.27. The minimum absolute atomic E-state index is 0.488. The third kappa shape index (κ3) is 10.7. The number of hydrogen-bond acceptors (Lipinski definition) is 6. The number of nitrogens with one attached hydrogen (secondary N) is 2. The average molecular weight is 524 g/mol. The Kier molecular flexibility index (Phi) is 11.9. The van der Waals surface area contributed by atoms with Crippen LogP contribution in [0.1, 0.15) is 75.2 Å². The zero-order valence-corrected chi connectivity index (χ0v) is 22.6. The number of aliphatic hydroxyl groups is 1. The van der Waals surface area contributed by atoms with Gasteiger partial charge in [0.2, 0.25) is 5.79 Å². The number of unbranched alkanes of at least 4 members (excludes halogenated alkanes) is 4. The lowest BCUT2D eigenvalue weighted by Gasteiger charge is -2.33. The van der Waals surface area contributed by atoms with Crippen molar-refractivity contribution >= 4 is 11.7 Å². The first kappa shape index (κ1) is 29.5. The van der Waals surface area contributed by atoms with E-state index in [4.69, 9.17) is 19.9 Å². The zero-order chi connectivity index (χ0) is 27.2. The predicted octanol–water partition coefficient (Wildman–Crippen LogP) is 4.85. The molecular formula is C30H41N3O5. The van der Waals surface area contributed by atoms with Crippen molar-refractivity contribution in [3.8, 4) is 17.6 Å². The van der Waals surface area contributed by atoms with Crippen LogP contribution in [0.5, 0.6) is 5.75 Å². The summed E-state index contributed by atoms with van der Waals surface area (Å²) in [7, 11) is 0. The van der Waals surface area contributed by atoms with E-state index in [-0.39, 0.29) is 0 Å². The Balaban J connectivity index is 1.16. The highest BCUT2D eigenvalue weighted by molar-refractivity contribution is 5.87. The molecule has 0 saturated carbocycles. The van der Waals surface area contributed by atoms with Gasteiger partial charge in [0.25, 0.3) is 0 Å². The van der Waals surface area contributed by atoms with E-state index in [2.05, 4.69) is 22.5 Å². The molecule has 0 bridgehead atoms. The number of fused-ring (bicyclic) bond motifs is 1. The molecule has 1 aliphatic rings. The molecule has 2 aromatic carbocycles. The van der Waals surface area contributed by atoms with Gasteiger partial charge in [0.1, 0.15) is 5.75 Å². The molecule has 38 heavy (non-hydrogen) atoms. The van der Waals surface area contributed by atoms with Crippen LogP contribution in [-0.2, 0) is 16.1 Å². The Bertz CT molecular complexity index is 1090. The maximum Gasteiger partial charge on any atom is 0.316 e. The van der Waals surface area contributed by atoms with E-state index < -0.39 is 17.9 Å². The molecule has 0 fully saturated rings. The molecule has 0 saturated heterocycles. The fraction of sp³-hybridized carbons (Fsp3) is 0.500. The van der Waals surface area contributed by atoms with Crippen LogP contribution in [0.3, 0.4) is 0 Å². The highest BCUT2D eigenvalue weighted by Crippen LogP contribution is 2.32. The summed E-state index contributed by atoms with van der Waals surface area (Å²) in [5, 5.41) is 16.4. The fourth-order valence-electron chi connectivity index (χ4n) is 4.08. The fourth-order valence-corrected chi connectivity index (χ4v) is 4.08. The van der Waals surface area contributed by atoms with E-state index in [1.807, 2.05) is 44.2 Å². The molecule has 3 rings (SSSR count). The summed E-state index contributed by atoms with van der Waals surface area (Å²) in [4.78, 5) is 10.9. The van der Waals surface area contributed by atoms with E-state index >= 15 is 0 Å². The van der Waals surface area contributed by atoms with E-state index in [0.717, 1.165) is 74.1 Å². The number of rotatable bonds is 14. The standard InChI is InChI=1S/C30H41N3O5/c1-30(2)37-22-25-20-24(14-15-28(25)38-30)27(34)21-32-16-7-3-4-8-17-36-18-9-5-6-11-23-12-10-13-26(19-23)33-29(31)35/h10,12-15,19-20,27,32,34H,3-5,7-9,16-18,21-22H2,1-2H3,(H3,31,33,35)/t27-/m0/s1. The number of carbonyl (C=O) groups is 1. The van der Waals surface area contributed by atoms with Gasteiger partial charge in [-0.25, -0.2) is 4.79 Å². The Hall–Kier alpha value is -3.09. The van der Waals surface area contributed by atoms with Crippen LogP contribution in [0.25, 0.3) is 0 Å². The van der Waals surface area contributed by atoms with Crippen molar-refractivity contribution in [3.63, 3.8) is 0 Å². The summed E-state index contributed by atoms with van der Waals surface area (Å²) in [5.74, 6) is 6.44. The first-order valence-electron chi connectivity index (χ1n) is 13.4. The van der Waals surface area contributed by atoms with Crippen molar-refractivity contribution in [3.05, 3.63) is 59.2 Å². The van der Waals surface area contributed by atoms with Gasteiger partial charge in [-0.15, -0.1) is 0 Å². The lowest BCUT2D eigenvalue weighted by atomic mass is 10.0. The van der Waals surface area contributed by atoms with Gasteiger partial charge in [-0.2, -0.15) is 0 Å². The summed E-state index contributed by atoms with van der Waals surface area (Å²) in [6.45, 7) is 7.15. The predicted molar refractivity (Wildman–Crippen MR) is 149 cm³/mol. The molecule has 1 heterocycles. The normalized spacial score (nSPS) is 14.5. The summed E-state index contributed by atoms with van der Waals surface area (Å²) in [5.41, 5.74) is 8.46. The van der Waals surface area contributed by atoms with Crippen LogP contribution in [-0.4, -0.2) is 43.2 Å². The summed E-state index contributed by atoms with van der Waals surface area (Å²) in [6.07, 6.45) is 5.46. The van der Waals surface area contributed by atoms with Crippen LogP contribution in [0.15, 0.2) is 42.5 Å². The van der Waals surface area contributed by atoms with Gasteiger partial charge in [0.05, 0.1) is 12.7 Å². The van der Waals surface area contributed by atoms with Crippen molar-refractivity contribution in [2.45, 2.75) is 70.9 Å². The highest BCUT2D eigenvalue weighted by atomic mass is 16.7. The monoisotopic (exact) mass is 523 g/mol. The molecule has 1 aliphatic heterocycles. The lowest BCUT2D eigenvalue weighted by molar-refractivity contribution is -0.180. The molecule has 8 heteroatoms. The topological polar surface area (TPSA) is 115 Å². The van der Waals surface area contributed by atoms with E-state index in [0.29, 0.717) is 25.4 Å². The van der Waals surface area contributed by atoms with Crippen molar-refractivity contribution < 1.29 is 24.1 Å². The van der Waals surface area contributed by atoms with E-state index in [1.165, 1.54) is 0 Å². The molecule has 5 N–H and O–H groups in total. The van der Waals surface area contributed by atoms with Gasteiger partial charge in [-0.1, -0.05) is 36.8 Å². The number of amides is 2. The Morgan fingerprint density at radius 1 is 1.13 bits per heavy atom. The zero-order valence-electron chi connectivity index (χ0n) is 22.6. The second-order valence-corrected chi connectivity index (χ2v) is 9.88. The molecule has 0 spiro atoms. The third-order valence-electron chi connectivity index (χ3n) is 6.08. The molecule has 2 amide bonds. The number of hydrogen-bond donors (Lipinski definition) is 4. The molecule has 8 nitrogen and oxygen atoms in total. The van der Waals surface area contributed by atoms with Crippen LogP contribution in [0.2, 0.25) is 0 Å². The van der Waals surface area contributed by atoms with Gasteiger partial charge in [-0.05, 0) is 61.7 Å². The van der Waals surface area contributed by atoms with Gasteiger partial charge in [0, 0.05) is 56.8 Å². The number of urea groups is 1.